The highest BCUT2D eigenvalue weighted by molar-refractivity contribution is 5.40. The first-order valence-electron chi connectivity index (χ1n) is 8.13. The Labute approximate surface area is 121 Å². The number of hydrogen-bond acceptors (Lipinski definition) is 3. The lowest BCUT2D eigenvalue weighted by Crippen LogP contribution is -2.55. The summed E-state index contributed by atoms with van der Waals surface area (Å²) in [7, 11) is 2.25. The molecule has 4 bridgehead atoms. The van der Waals surface area contributed by atoms with E-state index in [2.05, 4.69) is 24.1 Å². The van der Waals surface area contributed by atoms with Crippen LogP contribution in [0.1, 0.15) is 37.8 Å². The van der Waals surface area contributed by atoms with Crippen LogP contribution in [0.2, 0.25) is 0 Å². The smallest absolute Gasteiger partial charge is 0.128 e. The molecular weight excluding hydrogens is 246 g/mol. The normalized spacial score (nSPS) is 38.2. The van der Waals surface area contributed by atoms with E-state index in [0.717, 1.165) is 35.2 Å². The molecule has 4 aliphatic carbocycles. The molecule has 0 aromatic carbocycles. The molecule has 3 nitrogen and oxygen atoms in total. The van der Waals surface area contributed by atoms with Gasteiger partial charge >= 0.3 is 0 Å². The van der Waals surface area contributed by atoms with Crippen LogP contribution in [0.4, 0.5) is 5.82 Å². The summed E-state index contributed by atoms with van der Waals surface area (Å²) in [5, 5.41) is 0. The Morgan fingerprint density at radius 3 is 2.35 bits per heavy atom. The summed E-state index contributed by atoms with van der Waals surface area (Å²) >= 11 is 0. The van der Waals surface area contributed by atoms with E-state index >= 15 is 0 Å². The third kappa shape index (κ3) is 1.95. The molecule has 108 valence electrons. The van der Waals surface area contributed by atoms with Gasteiger partial charge in [-0.3, -0.25) is 0 Å². The average molecular weight is 271 g/mol. The largest absolute Gasteiger partial charge is 0.356 e. The van der Waals surface area contributed by atoms with Gasteiger partial charge in [-0.2, -0.15) is 0 Å². The number of nitrogens with two attached hydrogens (primary N) is 1. The number of rotatable bonds is 3. The summed E-state index contributed by atoms with van der Waals surface area (Å²) in [6, 6.07) is 6.97. The quantitative estimate of drug-likeness (QED) is 0.919. The van der Waals surface area contributed by atoms with Gasteiger partial charge in [0.15, 0.2) is 0 Å². The monoisotopic (exact) mass is 271 g/mol. The van der Waals surface area contributed by atoms with Crippen LogP contribution in [-0.2, 0) is 6.54 Å². The molecule has 0 atom stereocenters. The fraction of sp³-hybridized carbons (Fsp3) is 0.706. The van der Waals surface area contributed by atoms with Crippen LogP contribution in [0, 0.1) is 23.7 Å². The van der Waals surface area contributed by atoms with E-state index in [9.17, 15) is 0 Å². The van der Waals surface area contributed by atoms with E-state index in [4.69, 9.17) is 10.7 Å². The molecule has 4 fully saturated rings. The van der Waals surface area contributed by atoms with Crippen molar-refractivity contribution in [3.63, 3.8) is 0 Å². The average Bonchev–Trinajstić information content (AvgIpc) is 2.46. The van der Waals surface area contributed by atoms with Crippen LogP contribution >= 0.6 is 0 Å². The van der Waals surface area contributed by atoms with Crippen molar-refractivity contribution in [2.24, 2.45) is 29.4 Å². The molecule has 4 saturated carbocycles. The Bertz CT molecular complexity index is 471. The second kappa shape index (κ2) is 4.73. The maximum absolute atomic E-state index is 5.73. The Balaban J connectivity index is 1.60. The van der Waals surface area contributed by atoms with Crippen molar-refractivity contribution in [3.05, 3.63) is 23.9 Å². The predicted molar refractivity (Wildman–Crippen MR) is 81.4 cm³/mol. The van der Waals surface area contributed by atoms with Gasteiger partial charge in [0.2, 0.25) is 0 Å². The molecular formula is C17H25N3. The summed E-state index contributed by atoms with van der Waals surface area (Å²) in [4.78, 5) is 7.19. The first-order valence-corrected chi connectivity index (χ1v) is 8.13. The fourth-order valence-electron chi connectivity index (χ4n) is 5.46. The molecule has 0 amide bonds. The number of hydrogen-bond donors (Lipinski definition) is 1. The van der Waals surface area contributed by atoms with Gasteiger partial charge < -0.3 is 10.6 Å². The standard InChI is InChI=1S/C17H25N3/c1-20(16-4-2-3-15(10-18)19-16)17-13-6-11-5-12(8-13)9-14(17)7-11/h2-4,11-14,17H,5-10,18H2,1H3. The van der Waals surface area contributed by atoms with E-state index in [-0.39, 0.29) is 0 Å². The van der Waals surface area contributed by atoms with Crippen molar-refractivity contribution in [1.29, 1.82) is 0 Å². The lowest BCUT2D eigenvalue weighted by atomic mass is 9.54. The Kier molecular flexibility index (Phi) is 2.99. The van der Waals surface area contributed by atoms with Crippen LogP contribution in [0.15, 0.2) is 18.2 Å². The Hall–Kier alpha value is -1.09. The topological polar surface area (TPSA) is 42.1 Å². The van der Waals surface area contributed by atoms with Crippen LogP contribution in [-0.4, -0.2) is 18.1 Å². The number of nitrogens with zero attached hydrogens (tertiary/aromatic N) is 2. The second-order valence-corrected chi connectivity index (χ2v) is 7.22. The minimum absolute atomic E-state index is 0.531. The van der Waals surface area contributed by atoms with E-state index < -0.39 is 0 Å². The van der Waals surface area contributed by atoms with Crippen molar-refractivity contribution in [3.8, 4) is 0 Å². The highest BCUT2D eigenvalue weighted by atomic mass is 15.2. The zero-order valence-electron chi connectivity index (χ0n) is 12.3. The van der Waals surface area contributed by atoms with E-state index in [1.165, 1.54) is 32.1 Å². The minimum Gasteiger partial charge on any atom is -0.356 e. The Morgan fingerprint density at radius 1 is 1.10 bits per heavy atom. The fourth-order valence-corrected chi connectivity index (χ4v) is 5.46. The lowest BCUT2D eigenvalue weighted by molar-refractivity contribution is -0.00143. The summed E-state index contributed by atoms with van der Waals surface area (Å²) in [5.74, 6) is 4.99. The van der Waals surface area contributed by atoms with Gasteiger partial charge in [-0.25, -0.2) is 4.98 Å². The maximum atomic E-state index is 5.73. The molecule has 1 aromatic rings. The number of pyridine rings is 1. The molecule has 2 N–H and O–H groups in total. The molecule has 0 aliphatic heterocycles. The number of aromatic nitrogens is 1. The highest BCUT2D eigenvalue weighted by Crippen LogP contribution is 2.55. The van der Waals surface area contributed by atoms with Crippen molar-refractivity contribution < 1.29 is 0 Å². The minimum atomic E-state index is 0.531. The molecule has 4 aliphatic rings. The summed E-state index contributed by atoms with van der Waals surface area (Å²) < 4.78 is 0. The van der Waals surface area contributed by atoms with Gasteiger partial charge in [0.05, 0.1) is 5.69 Å². The van der Waals surface area contributed by atoms with Gasteiger partial charge in [-0.15, -0.1) is 0 Å². The van der Waals surface area contributed by atoms with Crippen molar-refractivity contribution >= 4 is 5.82 Å². The van der Waals surface area contributed by atoms with Crippen LogP contribution in [0.5, 0.6) is 0 Å². The van der Waals surface area contributed by atoms with Crippen molar-refractivity contribution in [2.45, 2.75) is 44.7 Å². The molecule has 20 heavy (non-hydrogen) atoms. The van der Waals surface area contributed by atoms with Gasteiger partial charge in [0.1, 0.15) is 5.82 Å². The van der Waals surface area contributed by atoms with Gasteiger partial charge in [-0.1, -0.05) is 6.07 Å². The van der Waals surface area contributed by atoms with Crippen molar-refractivity contribution in [1.82, 2.24) is 4.98 Å². The SMILES string of the molecule is CN(c1cccc(CN)n1)C1C2CC3CC(C2)CC1C3. The molecule has 5 rings (SSSR count). The van der Waals surface area contributed by atoms with Gasteiger partial charge in [-0.05, 0) is 67.9 Å². The molecule has 0 saturated heterocycles. The first-order chi connectivity index (χ1) is 9.74. The number of anilines is 1. The second-order valence-electron chi connectivity index (χ2n) is 7.22. The van der Waals surface area contributed by atoms with Crippen LogP contribution < -0.4 is 10.6 Å². The lowest BCUT2D eigenvalue weighted by Gasteiger charge is -2.56. The Morgan fingerprint density at radius 2 is 1.75 bits per heavy atom. The maximum Gasteiger partial charge on any atom is 0.128 e. The molecule has 0 unspecified atom stereocenters. The van der Waals surface area contributed by atoms with Crippen LogP contribution in [0.25, 0.3) is 0 Å². The van der Waals surface area contributed by atoms with E-state index in [1.54, 1.807) is 0 Å². The summed E-state index contributed by atoms with van der Waals surface area (Å²) in [5.41, 5.74) is 6.73. The van der Waals surface area contributed by atoms with E-state index in [1.807, 2.05) is 6.07 Å². The molecule has 0 spiro atoms. The predicted octanol–water partition coefficient (Wildman–Crippen LogP) is 2.80. The van der Waals surface area contributed by atoms with Gasteiger partial charge in [0.25, 0.3) is 0 Å². The van der Waals surface area contributed by atoms with Crippen LogP contribution in [0.3, 0.4) is 0 Å². The third-order valence-electron chi connectivity index (χ3n) is 5.99. The zero-order valence-corrected chi connectivity index (χ0v) is 12.3. The first kappa shape index (κ1) is 12.6. The third-order valence-corrected chi connectivity index (χ3v) is 5.99. The summed E-state index contributed by atoms with van der Waals surface area (Å²) in [6.45, 7) is 0.531. The van der Waals surface area contributed by atoms with E-state index in [0.29, 0.717) is 12.6 Å². The highest BCUT2D eigenvalue weighted by Gasteiger charge is 2.49. The molecule has 3 heteroatoms. The summed E-state index contributed by atoms with van der Waals surface area (Å²) in [6.07, 6.45) is 7.35. The molecule has 1 aromatic heterocycles. The van der Waals surface area contributed by atoms with Crippen molar-refractivity contribution in [2.75, 3.05) is 11.9 Å². The molecule has 1 heterocycles. The van der Waals surface area contributed by atoms with Gasteiger partial charge in [0, 0.05) is 19.6 Å². The zero-order chi connectivity index (χ0) is 13.7. The molecule has 0 radical (unpaired) electrons.